The van der Waals surface area contributed by atoms with Crippen molar-refractivity contribution in [3.05, 3.63) is 97.5 Å². The molecule has 4 nitrogen and oxygen atoms in total. The van der Waals surface area contributed by atoms with Gasteiger partial charge in [-0.3, -0.25) is 0 Å². The Hall–Kier alpha value is -2.84. The fraction of sp³-hybridized carbons (Fsp3) is 0.0952. The molecule has 0 unspecified atom stereocenters. The molecule has 0 spiro atoms. The van der Waals surface area contributed by atoms with Gasteiger partial charge in [-0.25, -0.2) is 4.79 Å². The van der Waals surface area contributed by atoms with E-state index in [1.54, 1.807) is 11.1 Å². The Kier molecular flexibility index (Phi) is 5.55. The maximum atomic E-state index is 14.2. The second-order valence-corrected chi connectivity index (χ2v) is 8.73. The number of allylic oxidation sites excluding steroid dienone is 2. The zero-order valence-corrected chi connectivity index (χ0v) is 15.3. The van der Waals surface area contributed by atoms with Crippen molar-refractivity contribution in [2.45, 2.75) is 5.66 Å². The SMILES string of the molecule is COC(=O)/C=C/N1C=CC(P(=O)(c2ccccc2)c2ccccc2)C=C1. The van der Waals surface area contributed by atoms with Crippen molar-refractivity contribution >= 4 is 23.7 Å². The van der Waals surface area contributed by atoms with Gasteiger partial charge in [0.2, 0.25) is 0 Å². The smallest absolute Gasteiger partial charge is 0.331 e. The van der Waals surface area contributed by atoms with Crippen molar-refractivity contribution in [2.75, 3.05) is 7.11 Å². The van der Waals surface area contributed by atoms with Gasteiger partial charge in [-0.15, -0.1) is 0 Å². The van der Waals surface area contributed by atoms with Crippen LogP contribution in [0, 0.1) is 0 Å². The number of rotatable bonds is 5. The molecule has 1 aliphatic rings. The van der Waals surface area contributed by atoms with Crippen molar-refractivity contribution in [1.29, 1.82) is 0 Å². The molecule has 2 aromatic carbocycles. The molecule has 26 heavy (non-hydrogen) atoms. The van der Waals surface area contributed by atoms with E-state index in [-0.39, 0.29) is 5.66 Å². The van der Waals surface area contributed by atoms with Crippen LogP contribution in [0.2, 0.25) is 0 Å². The van der Waals surface area contributed by atoms with Crippen LogP contribution in [0.15, 0.2) is 97.5 Å². The molecule has 0 atom stereocenters. The largest absolute Gasteiger partial charge is 0.466 e. The second-order valence-electron chi connectivity index (χ2n) is 5.79. The van der Waals surface area contributed by atoms with E-state index in [1.807, 2.05) is 85.2 Å². The predicted molar refractivity (Wildman–Crippen MR) is 105 cm³/mol. The summed E-state index contributed by atoms with van der Waals surface area (Å²) in [6, 6.07) is 19.1. The lowest BCUT2D eigenvalue weighted by Gasteiger charge is -2.27. The van der Waals surface area contributed by atoms with Gasteiger partial charge in [0.25, 0.3) is 0 Å². The summed E-state index contributed by atoms with van der Waals surface area (Å²) in [5.41, 5.74) is -0.255. The molecule has 3 rings (SSSR count). The van der Waals surface area contributed by atoms with Crippen molar-refractivity contribution in [1.82, 2.24) is 4.90 Å². The summed E-state index contributed by atoms with van der Waals surface area (Å²) in [7, 11) is -1.55. The average molecular weight is 365 g/mol. The summed E-state index contributed by atoms with van der Waals surface area (Å²) in [6.07, 6.45) is 10.4. The van der Waals surface area contributed by atoms with Gasteiger partial charge in [-0.1, -0.05) is 72.8 Å². The molecule has 1 heterocycles. The van der Waals surface area contributed by atoms with Crippen LogP contribution >= 0.6 is 7.14 Å². The molecule has 0 saturated carbocycles. The van der Waals surface area contributed by atoms with E-state index in [4.69, 9.17) is 0 Å². The fourth-order valence-electron chi connectivity index (χ4n) is 2.84. The number of carbonyl (C=O) groups excluding carboxylic acids is 1. The normalized spacial score (nSPS) is 14.7. The number of hydrogen-bond acceptors (Lipinski definition) is 4. The Bertz CT molecular complexity index is 830. The Morgan fingerprint density at radius 3 is 1.92 bits per heavy atom. The topological polar surface area (TPSA) is 46.6 Å². The highest BCUT2D eigenvalue weighted by Gasteiger charge is 2.34. The third kappa shape index (κ3) is 3.71. The summed E-state index contributed by atoms with van der Waals surface area (Å²) in [5, 5.41) is 1.65. The third-order valence-corrected chi connectivity index (χ3v) is 7.51. The van der Waals surface area contributed by atoms with E-state index in [0.717, 1.165) is 10.6 Å². The maximum Gasteiger partial charge on any atom is 0.331 e. The van der Waals surface area contributed by atoms with Gasteiger partial charge >= 0.3 is 5.97 Å². The molecule has 0 N–H and O–H groups in total. The minimum absolute atomic E-state index is 0.255. The number of nitrogens with zero attached hydrogens (tertiary/aromatic N) is 1. The quantitative estimate of drug-likeness (QED) is 0.463. The van der Waals surface area contributed by atoms with Gasteiger partial charge in [0.05, 0.1) is 12.8 Å². The minimum atomic E-state index is -2.89. The monoisotopic (exact) mass is 365 g/mol. The number of esters is 1. The van der Waals surface area contributed by atoms with Crippen molar-refractivity contribution in [3.63, 3.8) is 0 Å². The predicted octanol–water partition coefficient (Wildman–Crippen LogP) is 3.40. The highest BCUT2D eigenvalue weighted by molar-refractivity contribution is 7.79. The number of benzene rings is 2. The van der Waals surface area contributed by atoms with E-state index in [0.29, 0.717) is 0 Å². The first-order chi connectivity index (χ1) is 12.6. The molecule has 0 aromatic heterocycles. The molecule has 1 aliphatic heterocycles. The van der Waals surface area contributed by atoms with E-state index in [1.165, 1.54) is 13.2 Å². The fourth-order valence-corrected chi connectivity index (χ4v) is 5.69. The third-order valence-electron chi connectivity index (χ3n) is 4.19. The summed E-state index contributed by atoms with van der Waals surface area (Å²) in [4.78, 5) is 12.9. The van der Waals surface area contributed by atoms with Crippen molar-refractivity contribution in [3.8, 4) is 0 Å². The Morgan fingerprint density at radius 2 is 1.46 bits per heavy atom. The molecule has 0 radical (unpaired) electrons. The van der Waals surface area contributed by atoms with Crippen LogP contribution in [-0.4, -0.2) is 23.6 Å². The highest BCUT2D eigenvalue weighted by Crippen LogP contribution is 2.50. The second kappa shape index (κ2) is 8.03. The molecular weight excluding hydrogens is 345 g/mol. The summed E-state index contributed by atoms with van der Waals surface area (Å²) >= 11 is 0. The molecular formula is C21H20NO3P. The molecule has 0 fully saturated rings. The van der Waals surface area contributed by atoms with Crippen LogP contribution in [0.1, 0.15) is 0 Å². The van der Waals surface area contributed by atoms with E-state index < -0.39 is 13.1 Å². The van der Waals surface area contributed by atoms with E-state index in [2.05, 4.69) is 4.74 Å². The first-order valence-electron chi connectivity index (χ1n) is 8.26. The Morgan fingerprint density at radius 1 is 0.962 bits per heavy atom. The van der Waals surface area contributed by atoms with Gasteiger partial charge in [-0.05, 0) is 0 Å². The van der Waals surface area contributed by atoms with E-state index >= 15 is 0 Å². The van der Waals surface area contributed by atoms with Gasteiger partial charge in [0.1, 0.15) is 0 Å². The number of hydrogen-bond donors (Lipinski definition) is 0. The van der Waals surface area contributed by atoms with Crippen LogP contribution in [0.25, 0.3) is 0 Å². The molecule has 132 valence electrons. The van der Waals surface area contributed by atoms with Gasteiger partial charge in [0.15, 0.2) is 7.14 Å². The first-order valence-corrected chi connectivity index (χ1v) is 10.0. The lowest BCUT2D eigenvalue weighted by Crippen LogP contribution is -2.25. The molecule has 0 aliphatic carbocycles. The number of carbonyl (C=O) groups is 1. The molecule has 2 aromatic rings. The molecule has 5 heteroatoms. The summed E-state index contributed by atoms with van der Waals surface area (Å²) in [5.74, 6) is -0.423. The molecule has 0 saturated heterocycles. The van der Waals surface area contributed by atoms with Gasteiger partial charge in [-0.2, -0.15) is 0 Å². The van der Waals surface area contributed by atoms with Crippen LogP contribution < -0.4 is 10.6 Å². The Balaban J connectivity index is 1.94. The van der Waals surface area contributed by atoms with Crippen LogP contribution in [-0.2, 0) is 14.1 Å². The molecule has 0 bridgehead atoms. The van der Waals surface area contributed by atoms with E-state index in [9.17, 15) is 9.36 Å². The van der Waals surface area contributed by atoms with Crippen molar-refractivity contribution in [2.24, 2.45) is 0 Å². The van der Waals surface area contributed by atoms with Gasteiger partial charge in [0, 0.05) is 35.3 Å². The standard InChI is InChI=1S/C21H20NO3P/c1-25-21(23)14-17-22-15-12-20(13-16-22)26(24,18-8-4-2-5-9-18)19-10-6-3-7-11-19/h2-17,20H,1H3/b17-14+. The van der Waals surface area contributed by atoms with Crippen LogP contribution in [0.5, 0.6) is 0 Å². The number of ether oxygens (including phenoxy) is 1. The lowest BCUT2D eigenvalue weighted by molar-refractivity contribution is -0.134. The number of methoxy groups -OCH3 is 1. The molecule has 0 amide bonds. The van der Waals surface area contributed by atoms with Crippen LogP contribution in [0.3, 0.4) is 0 Å². The van der Waals surface area contributed by atoms with Crippen LogP contribution in [0.4, 0.5) is 0 Å². The zero-order chi connectivity index (χ0) is 18.4. The van der Waals surface area contributed by atoms with Gasteiger partial charge < -0.3 is 14.2 Å². The maximum absolute atomic E-state index is 14.2. The summed E-state index contributed by atoms with van der Waals surface area (Å²) < 4.78 is 18.8. The average Bonchev–Trinajstić information content (AvgIpc) is 2.73. The first kappa shape index (κ1) is 18.0. The zero-order valence-electron chi connectivity index (χ0n) is 14.4. The lowest BCUT2D eigenvalue weighted by atomic mass is 10.3. The highest BCUT2D eigenvalue weighted by atomic mass is 31.2. The summed E-state index contributed by atoms with van der Waals surface area (Å²) in [6.45, 7) is 0. The Labute approximate surface area is 153 Å². The minimum Gasteiger partial charge on any atom is -0.466 e. The van der Waals surface area contributed by atoms with Crippen molar-refractivity contribution < 1.29 is 14.1 Å².